The number of methoxy groups -OCH3 is 3. The van der Waals surface area contributed by atoms with Gasteiger partial charge in [-0.15, -0.1) is 0 Å². The minimum atomic E-state index is -0.380. The Bertz CT molecular complexity index is 936. The summed E-state index contributed by atoms with van der Waals surface area (Å²) in [4.78, 5) is 26.0. The Morgan fingerprint density at radius 3 is 2.21 bits per heavy atom. The van der Waals surface area contributed by atoms with Crippen molar-refractivity contribution in [3.05, 3.63) is 47.0 Å². The number of ether oxygens (including phenoxy) is 3. The van der Waals surface area contributed by atoms with Crippen LogP contribution in [0.2, 0.25) is 0 Å². The average Bonchev–Trinajstić information content (AvgIpc) is 2.81. The molecule has 0 atom stereocenters. The third-order valence-corrected chi connectivity index (χ3v) is 5.34. The molecule has 0 heterocycles. The molecule has 0 radical (unpaired) electrons. The van der Waals surface area contributed by atoms with Crippen LogP contribution in [0.15, 0.2) is 30.3 Å². The van der Waals surface area contributed by atoms with E-state index in [1.165, 1.54) is 0 Å². The lowest BCUT2D eigenvalue weighted by Crippen LogP contribution is -2.29. The molecule has 2 aromatic rings. The lowest BCUT2D eigenvalue weighted by molar-refractivity contribution is -0.117. The molecule has 2 amide bonds. The van der Waals surface area contributed by atoms with Crippen LogP contribution < -0.4 is 30.2 Å². The second-order valence-electron chi connectivity index (χ2n) is 7.78. The maximum atomic E-state index is 12.4. The van der Waals surface area contributed by atoms with Crippen LogP contribution in [0.3, 0.4) is 0 Å². The maximum absolute atomic E-state index is 12.4. The Hall–Kier alpha value is -3.42. The first-order chi connectivity index (χ1) is 15.8. The van der Waals surface area contributed by atoms with Crippen molar-refractivity contribution in [3.8, 4) is 17.2 Å². The molecule has 0 aliphatic carbocycles. The number of hydrogen-bond acceptors (Lipinski definition) is 6. The van der Waals surface area contributed by atoms with Gasteiger partial charge in [-0.2, -0.15) is 0 Å². The number of amides is 2. The summed E-state index contributed by atoms with van der Waals surface area (Å²) in [5.41, 5.74) is 8.78. The standard InChI is InChI=1S/C25H35N3O5/c1-6-7-11-27-25(30)19-8-9-20(17(2)13-19)28(12-10-23(26)29)16-18-14-21(31-3)24(33-5)22(15-18)32-4/h8-9,13-15H,6-7,10-12,16H2,1-5H3,(H2,26,29)(H,27,30). The molecular weight excluding hydrogens is 422 g/mol. The molecule has 0 bridgehead atoms. The van der Waals surface area contributed by atoms with Gasteiger partial charge in [-0.1, -0.05) is 13.3 Å². The number of anilines is 1. The molecule has 2 aromatic carbocycles. The van der Waals surface area contributed by atoms with Gasteiger partial charge in [0.25, 0.3) is 5.91 Å². The van der Waals surface area contributed by atoms with Crippen molar-refractivity contribution in [1.29, 1.82) is 0 Å². The predicted octanol–water partition coefficient (Wildman–Crippen LogP) is 3.43. The van der Waals surface area contributed by atoms with Crippen molar-refractivity contribution in [3.63, 3.8) is 0 Å². The molecule has 8 heteroatoms. The summed E-state index contributed by atoms with van der Waals surface area (Å²) in [6, 6.07) is 9.33. The third kappa shape index (κ3) is 7.03. The number of aryl methyl sites for hydroxylation is 1. The number of benzene rings is 2. The van der Waals surface area contributed by atoms with Gasteiger partial charge in [0.2, 0.25) is 11.7 Å². The highest BCUT2D eigenvalue weighted by atomic mass is 16.5. The fourth-order valence-electron chi connectivity index (χ4n) is 3.61. The SMILES string of the molecule is CCCCNC(=O)c1ccc(N(CCC(N)=O)Cc2cc(OC)c(OC)c(OC)c2)c(C)c1. The van der Waals surface area contributed by atoms with E-state index in [0.717, 1.165) is 29.7 Å². The first kappa shape index (κ1) is 25.8. The molecule has 180 valence electrons. The van der Waals surface area contributed by atoms with Crippen molar-refractivity contribution < 1.29 is 23.8 Å². The molecule has 0 aromatic heterocycles. The van der Waals surface area contributed by atoms with Crippen LogP contribution in [0.5, 0.6) is 17.2 Å². The van der Waals surface area contributed by atoms with Gasteiger partial charge < -0.3 is 30.2 Å². The van der Waals surface area contributed by atoms with Crippen molar-refractivity contribution in [1.82, 2.24) is 5.32 Å². The van der Waals surface area contributed by atoms with Crippen LogP contribution >= 0.6 is 0 Å². The van der Waals surface area contributed by atoms with Gasteiger partial charge in [0, 0.05) is 37.3 Å². The normalized spacial score (nSPS) is 10.5. The zero-order valence-corrected chi connectivity index (χ0v) is 20.2. The van der Waals surface area contributed by atoms with Gasteiger partial charge in [-0.05, 0) is 54.8 Å². The van der Waals surface area contributed by atoms with E-state index >= 15 is 0 Å². The Kier molecular flexibility index (Phi) is 9.84. The average molecular weight is 458 g/mol. The summed E-state index contributed by atoms with van der Waals surface area (Å²) in [6.45, 7) is 5.59. The number of carbonyl (C=O) groups excluding carboxylic acids is 2. The highest BCUT2D eigenvalue weighted by Crippen LogP contribution is 2.39. The number of nitrogens with two attached hydrogens (primary N) is 1. The van der Waals surface area contributed by atoms with Crippen molar-refractivity contribution >= 4 is 17.5 Å². The van der Waals surface area contributed by atoms with E-state index in [0.29, 0.717) is 42.4 Å². The lowest BCUT2D eigenvalue weighted by Gasteiger charge is -2.27. The maximum Gasteiger partial charge on any atom is 0.251 e. The topological polar surface area (TPSA) is 103 Å². The highest BCUT2D eigenvalue weighted by Gasteiger charge is 2.18. The summed E-state index contributed by atoms with van der Waals surface area (Å²) in [5, 5.41) is 2.94. The second kappa shape index (κ2) is 12.6. The molecule has 0 saturated carbocycles. The second-order valence-corrected chi connectivity index (χ2v) is 7.78. The van der Waals surface area contributed by atoms with E-state index in [1.54, 1.807) is 27.4 Å². The molecule has 0 saturated heterocycles. The van der Waals surface area contributed by atoms with E-state index < -0.39 is 0 Å². The van der Waals surface area contributed by atoms with Gasteiger partial charge in [0.1, 0.15) is 0 Å². The largest absolute Gasteiger partial charge is 0.493 e. The van der Waals surface area contributed by atoms with Gasteiger partial charge in [0.05, 0.1) is 21.3 Å². The lowest BCUT2D eigenvalue weighted by atomic mass is 10.1. The van der Waals surface area contributed by atoms with Crippen LogP contribution in [0.1, 0.15) is 47.7 Å². The molecular formula is C25H35N3O5. The number of hydrogen-bond donors (Lipinski definition) is 2. The van der Waals surface area contributed by atoms with Crippen LogP contribution in [-0.2, 0) is 11.3 Å². The van der Waals surface area contributed by atoms with Gasteiger partial charge in [-0.25, -0.2) is 0 Å². The summed E-state index contributed by atoms with van der Waals surface area (Å²) in [7, 11) is 4.70. The van der Waals surface area contributed by atoms with E-state index in [2.05, 4.69) is 17.1 Å². The first-order valence-electron chi connectivity index (χ1n) is 11.1. The van der Waals surface area contributed by atoms with Crippen LogP contribution in [0.4, 0.5) is 5.69 Å². The highest BCUT2D eigenvalue weighted by molar-refractivity contribution is 5.94. The third-order valence-electron chi connectivity index (χ3n) is 5.34. The Labute approximate surface area is 196 Å². The summed E-state index contributed by atoms with van der Waals surface area (Å²) in [5.74, 6) is 1.15. The minimum Gasteiger partial charge on any atom is -0.493 e. The molecule has 2 rings (SSSR count). The number of primary amides is 1. The Morgan fingerprint density at radius 2 is 1.70 bits per heavy atom. The number of unbranched alkanes of at least 4 members (excludes halogenated alkanes) is 1. The van der Waals surface area contributed by atoms with Crippen molar-refractivity contribution in [2.75, 3.05) is 39.3 Å². The van der Waals surface area contributed by atoms with Crippen LogP contribution in [0, 0.1) is 6.92 Å². The summed E-state index contributed by atoms with van der Waals surface area (Å²) < 4.78 is 16.3. The number of carbonyl (C=O) groups is 2. The van der Waals surface area contributed by atoms with Crippen molar-refractivity contribution in [2.45, 2.75) is 39.7 Å². The van der Waals surface area contributed by atoms with E-state index in [9.17, 15) is 9.59 Å². The van der Waals surface area contributed by atoms with Gasteiger partial charge >= 0.3 is 0 Å². The molecule has 0 aliphatic rings. The number of nitrogens with zero attached hydrogens (tertiary/aromatic N) is 1. The minimum absolute atomic E-state index is 0.0913. The molecule has 8 nitrogen and oxygen atoms in total. The smallest absolute Gasteiger partial charge is 0.251 e. The van der Waals surface area contributed by atoms with Gasteiger partial charge in [-0.3, -0.25) is 9.59 Å². The zero-order chi connectivity index (χ0) is 24.4. The summed E-state index contributed by atoms with van der Waals surface area (Å²) >= 11 is 0. The molecule has 33 heavy (non-hydrogen) atoms. The Morgan fingerprint density at radius 1 is 1.03 bits per heavy atom. The molecule has 0 fully saturated rings. The predicted molar refractivity (Wildman–Crippen MR) is 129 cm³/mol. The zero-order valence-electron chi connectivity index (χ0n) is 20.2. The Balaban J connectivity index is 2.35. The fourth-order valence-corrected chi connectivity index (χ4v) is 3.61. The van der Waals surface area contributed by atoms with Crippen molar-refractivity contribution in [2.24, 2.45) is 5.73 Å². The van der Waals surface area contributed by atoms with E-state index in [1.807, 2.05) is 31.2 Å². The summed E-state index contributed by atoms with van der Waals surface area (Å²) in [6.07, 6.45) is 2.16. The number of rotatable bonds is 13. The molecule has 0 aliphatic heterocycles. The molecule has 0 spiro atoms. The fraction of sp³-hybridized carbons (Fsp3) is 0.440. The number of nitrogens with one attached hydrogen (secondary N) is 1. The van der Waals surface area contributed by atoms with Crippen LogP contribution in [-0.4, -0.2) is 46.2 Å². The quantitative estimate of drug-likeness (QED) is 0.447. The molecule has 0 unspecified atom stereocenters. The molecule has 3 N–H and O–H groups in total. The monoisotopic (exact) mass is 457 g/mol. The van der Waals surface area contributed by atoms with E-state index in [4.69, 9.17) is 19.9 Å². The first-order valence-corrected chi connectivity index (χ1v) is 11.1. The van der Waals surface area contributed by atoms with Gasteiger partial charge in [0.15, 0.2) is 11.5 Å². The van der Waals surface area contributed by atoms with E-state index in [-0.39, 0.29) is 18.2 Å². The van der Waals surface area contributed by atoms with Crippen LogP contribution in [0.25, 0.3) is 0 Å².